The highest BCUT2D eigenvalue weighted by atomic mass is 32.1. The van der Waals surface area contributed by atoms with Crippen LogP contribution in [-0.4, -0.2) is 12.5 Å². The zero-order valence-corrected chi connectivity index (χ0v) is 12.3. The molecule has 1 amide bonds. The monoisotopic (exact) mass is 297 g/mol. The van der Waals surface area contributed by atoms with E-state index in [1.54, 1.807) is 0 Å². The fourth-order valence-corrected chi connectivity index (χ4v) is 3.22. The van der Waals surface area contributed by atoms with Gasteiger partial charge in [-0.1, -0.05) is 12.1 Å². The Kier molecular flexibility index (Phi) is 3.89. The van der Waals surface area contributed by atoms with Crippen LogP contribution in [0.4, 0.5) is 11.4 Å². The molecule has 1 aliphatic heterocycles. The number of rotatable bonds is 4. The van der Waals surface area contributed by atoms with Crippen molar-refractivity contribution in [2.24, 2.45) is 0 Å². The molecule has 1 N–H and O–H groups in total. The predicted molar refractivity (Wildman–Crippen MR) is 84.4 cm³/mol. The first kappa shape index (κ1) is 13.7. The molecule has 5 heteroatoms. The van der Waals surface area contributed by atoms with E-state index >= 15 is 0 Å². The summed E-state index contributed by atoms with van der Waals surface area (Å²) in [6, 6.07) is 13.8. The first-order valence-electron chi connectivity index (χ1n) is 6.90. The standard InChI is InChI=1S/C16H15N3OS/c17-10-12-7-8-13(21-12)11-18-14-4-1-2-5-15(14)19-9-3-6-16(19)20/h1-2,4-5,7-8,18H,3,6,9,11H2. The Morgan fingerprint density at radius 1 is 1.29 bits per heavy atom. The van der Waals surface area contributed by atoms with E-state index in [1.807, 2.05) is 41.3 Å². The number of anilines is 2. The van der Waals surface area contributed by atoms with Crippen molar-refractivity contribution in [2.75, 3.05) is 16.8 Å². The van der Waals surface area contributed by atoms with Gasteiger partial charge in [-0.15, -0.1) is 11.3 Å². The molecule has 21 heavy (non-hydrogen) atoms. The third kappa shape index (κ3) is 2.91. The predicted octanol–water partition coefficient (Wildman–Crippen LogP) is 3.36. The Hall–Kier alpha value is -2.32. The molecule has 0 atom stereocenters. The Morgan fingerprint density at radius 2 is 2.14 bits per heavy atom. The van der Waals surface area contributed by atoms with Crippen molar-refractivity contribution in [2.45, 2.75) is 19.4 Å². The minimum Gasteiger partial charge on any atom is -0.378 e. The highest BCUT2D eigenvalue weighted by molar-refractivity contribution is 7.12. The van der Waals surface area contributed by atoms with Gasteiger partial charge in [0.05, 0.1) is 11.4 Å². The molecule has 106 valence electrons. The summed E-state index contributed by atoms with van der Waals surface area (Å²) in [6.45, 7) is 1.44. The quantitative estimate of drug-likeness (QED) is 0.941. The minimum absolute atomic E-state index is 0.187. The average Bonchev–Trinajstić information content (AvgIpc) is 3.14. The summed E-state index contributed by atoms with van der Waals surface area (Å²) in [6.07, 6.45) is 1.55. The topological polar surface area (TPSA) is 56.1 Å². The smallest absolute Gasteiger partial charge is 0.227 e. The number of carbonyl (C=O) groups is 1. The number of nitriles is 1. The molecular formula is C16H15N3OS. The summed E-state index contributed by atoms with van der Waals surface area (Å²) in [7, 11) is 0. The Bertz CT molecular complexity index is 702. The Labute approximate surface area is 127 Å². The number of carbonyl (C=O) groups excluding carboxylic acids is 1. The molecule has 0 radical (unpaired) electrons. The van der Waals surface area contributed by atoms with Gasteiger partial charge in [0.15, 0.2) is 0 Å². The van der Waals surface area contributed by atoms with Crippen molar-refractivity contribution in [1.82, 2.24) is 0 Å². The summed E-state index contributed by atoms with van der Waals surface area (Å²) in [5.74, 6) is 0.187. The molecule has 0 saturated carbocycles. The van der Waals surface area contributed by atoms with E-state index in [4.69, 9.17) is 5.26 Å². The van der Waals surface area contributed by atoms with Crippen LogP contribution in [-0.2, 0) is 11.3 Å². The molecule has 2 heterocycles. The molecular weight excluding hydrogens is 282 g/mol. The third-order valence-electron chi connectivity index (χ3n) is 3.49. The molecule has 1 fully saturated rings. The molecule has 1 saturated heterocycles. The molecule has 3 rings (SSSR count). The maximum atomic E-state index is 11.9. The average molecular weight is 297 g/mol. The van der Waals surface area contributed by atoms with Gasteiger partial charge in [-0.25, -0.2) is 0 Å². The van der Waals surface area contributed by atoms with Crippen molar-refractivity contribution in [3.05, 3.63) is 46.2 Å². The first-order chi connectivity index (χ1) is 10.3. The molecule has 2 aromatic rings. The van der Waals surface area contributed by atoms with Crippen LogP contribution in [0.15, 0.2) is 36.4 Å². The van der Waals surface area contributed by atoms with Crippen molar-refractivity contribution in [3.8, 4) is 6.07 Å². The Morgan fingerprint density at radius 3 is 2.86 bits per heavy atom. The second-order valence-electron chi connectivity index (χ2n) is 4.90. The fraction of sp³-hybridized carbons (Fsp3) is 0.250. The van der Waals surface area contributed by atoms with Gasteiger partial charge < -0.3 is 10.2 Å². The maximum Gasteiger partial charge on any atom is 0.227 e. The van der Waals surface area contributed by atoms with Crippen molar-refractivity contribution < 1.29 is 4.79 Å². The molecule has 0 bridgehead atoms. The van der Waals surface area contributed by atoms with Crippen LogP contribution >= 0.6 is 11.3 Å². The first-order valence-corrected chi connectivity index (χ1v) is 7.71. The highest BCUT2D eigenvalue weighted by Gasteiger charge is 2.23. The number of thiophene rings is 1. The van der Waals surface area contributed by atoms with Crippen LogP contribution in [0, 0.1) is 11.3 Å². The zero-order valence-electron chi connectivity index (χ0n) is 11.5. The zero-order chi connectivity index (χ0) is 14.7. The van der Waals surface area contributed by atoms with Gasteiger partial charge in [0.25, 0.3) is 0 Å². The van der Waals surface area contributed by atoms with Crippen LogP contribution in [0.5, 0.6) is 0 Å². The summed E-state index contributed by atoms with van der Waals surface area (Å²) < 4.78 is 0. The van der Waals surface area contributed by atoms with Crippen molar-refractivity contribution in [3.63, 3.8) is 0 Å². The van der Waals surface area contributed by atoms with E-state index in [-0.39, 0.29) is 5.91 Å². The SMILES string of the molecule is N#Cc1ccc(CNc2ccccc2N2CCCC2=O)s1. The van der Waals surface area contributed by atoms with Gasteiger partial charge in [-0.2, -0.15) is 5.26 Å². The van der Waals surface area contributed by atoms with Crippen molar-refractivity contribution in [1.29, 1.82) is 5.26 Å². The number of nitrogens with zero attached hydrogens (tertiary/aromatic N) is 2. The lowest BCUT2D eigenvalue weighted by atomic mass is 10.2. The maximum absolute atomic E-state index is 11.9. The number of hydrogen-bond acceptors (Lipinski definition) is 4. The summed E-state index contributed by atoms with van der Waals surface area (Å²) >= 11 is 1.49. The fourth-order valence-electron chi connectivity index (χ4n) is 2.48. The lowest BCUT2D eigenvalue weighted by Gasteiger charge is -2.20. The van der Waals surface area contributed by atoms with Gasteiger partial charge in [-0.05, 0) is 30.7 Å². The molecule has 4 nitrogen and oxygen atoms in total. The molecule has 0 spiro atoms. The van der Waals surface area contributed by atoms with Crippen LogP contribution in [0.3, 0.4) is 0 Å². The minimum atomic E-state index is 0.187. The second-order valence-corrected chi connectivity index (χ2v) is 6.07. The largest absolute Gasteiger partial charge is 0.378 e. The van der Waals surface area contributed by atoms with E-state index in [0.717, 1.165) is 34.1 Å². The third-order valence-corrected chi connectivity index (χ3v) is 4.48. The number of hydrogen-bond donors (Lipinski definition) is 1. The van der Waals surface area contributed by atoms with E-state index in [9.17, 15) is 4.79 Å². The number of para-hydroxylation sites is 2. The number of nitrogens with one attached hydrogen (secondary N) is 1. The lowest BCUT2D eigenvalue weighted by molar-refractivity contribution is -0.117. The summed E-state index contributed by atoms with van der Waals surface area (Å²) in [4.78, 5) is 15.6. The van der Waals surface area contributed by atoms with E-state index in [2.05, 4.69) is 11.4 Å². The van der Waals surface area contributed by atoms with E-state index in [1.165, 1.54) is 11.3 Å². The molecule has 0 aliphatic carbocycles. The Balaban J connectivity index is 1.76. The lowest BCUT2D eigenvalue weighted by Crippen LogP contribution is -2.24. The van der Waals surface area contributed by atoms with Gasteiger partial charge >= 0.3 is 0 Å². The molecule has 0 unspecified atom stereocenters. The van der Waals surface area contributed by atoms with Crippen LogP contribution < -0.4 is 10.2 Å². The van der Waals surface area contributed by atoms with E-state index < -0.39 is 0 Å². The van der Waals surface area contributed by atoms with Crippen LogP contribution in [0.25, 0.3) is 0 Å². The molecule has 1 aromatic heterocycles. The van der Waals surface area contributed by atoms with Gasteiger partial charge in [0.1, 0.15) is 10.9 Å². The summed E-state index contributed by atoms with van der Waals surface area (Å²) in [5, 5.41) is 12.2. The molecule has 1 aliphatic rings. The molecule has 1 aromatic carbocycles. The van der Waals surface area contributed by atoms with Crippen LogP contribution in [0.1, 0.15) is 22.6 Å². The normalized spacial score (nSPS) is 14.2. The van der Waals surface area contributed by atoms with Crippen molar-refractivity contribution >= 4 is 28.6 Å². The van der Waals surface area contributed by atoms with Gasteiger partial charge in [-0.3, -0.25) is 4.79 Å². The van der Waals surface area contributed by atoms with Gasteiger partial charge in [0.2, 0.25) is 5.91 Å². The number of benzene rings is 1. The number of amides is 1. The van der Waals surface area contributed by atoms with Gasteiger partial charge in [0, 0.05) is 24.4 Å². The van der Waals surface area contributed by atoms with Crippen LogP contribution in [0.2, 0.25) is 0 Å². The van der Waals surface area contributed by atoms with E-state index in [0.29, 0.717) is 13.0 Å². The highest BCUT2D eigenvalue weighted by Crippen LogP contribution is 2.30. The summed E-state index contributed by atoms with van der Waals surface area (Å²) in [5.41, 5.74) is 1.90. The second kappa shape index (κ2) is 5.98.